The second kappa shape index (κ2) is 4.18. The maximum atomic E-state index is 3.18. The van der Waals surface area contributed by atoms with E-state index in [2.05, 4.69) is 48.7 Å². The molecule has 0 rings (SSSR count). The predicted molar refractivity (Wildman–Crippen MR) is 46.0 cm³/mol. The lowest BCUT2D eigenvalue weighted by atomic mass is 10.4. The van der Waals surface area contributed by atoms with Gasteiger partial charge in [-0.1, -0.05) is 0 Å². The number of rotatable bonds is 2. The molecule has 2 heteroatoms. The standard InChI is InChI=1S/C6H12IN/c1-5(2)8-4-6(3)7/h4-5,8H,1-3H3/b6-4+. The zero-order valence-corrected chi connectivity index (χ0v) is 7.69. The number of halogens is 1. The molecule has 8 heavy (non-hydrogen) atoms. The average Bonchev–Trinajstić information content (AvgIpc) is 1.61. The summed E-state index contributed by atoms with van der Waals surface area (Å²) in [4.78, 5) is 0. The maximum absolute atomic E-state index is 3.18. The van der Waals surface area contributed by atoms with Gasteiger partial charge in [0.05, 0.1) is 0 Å². The molecule has 0 amide bonds. The second-order valence-corrected chi connectivity index (χ2v) is 3.75. The highest BCUT2D eigenvalue weighted by Crippen LogP contribution is 1.99. The van der Waals surface area contributed by atoms with Crippen molar-refractivity contribution < 1.29 is 0 Å². The highest BCUT2D eigenvalue weighted by atomic mass is 127. The molecular formula is C6H12IN. The molecule has 0 aromatic heterocycles. The monoisotopic (exact) mass is 225 g/mol. The van der Waals surface area contributed by atoms with E-state index >= 15 is 0 Å². The number of hydrogen-bond acceptors (Lipinski definition) is 1. The van der Waals surface area contributed by atoms with E-state index in [0.29, 0.717) is 6.04 Å². The predicted octanol–water partition coefficient (Wildman–Crippen LogP) is 2.28. The van der Waals surface area contributed by atoms with Crippen LogP contribution in [0, 0.1) is 0 Å². The highest BCUT2D eigenvalue weighted by Gasteiger charge is 1.83. The van der Waals surface area contributed by atoms with Crippen molar-refractivity contribution in [2.45, 2.75) is 26.8 Å². The smallest absolute Gasteiger partial charge is 0.0199 e. The van der Waals surface area contributed by atoms with E-state index < -0.39 is 0 Å². The molecule has 0 saturated heterocycles. The summed E-state index contributed by atoms with van der Waals surface area (Å²) in [7, 11) is 0. The largest absolute Gasteiger partial charge is 0.388 e. The Hall–Kier alpha value is 0.270. The molecular weight excluding hydrogens is 213 g/mol. The number of nitrogens with one attached hydrogen (secondary N) is 1. The lowest BCUT2D eigenvalue weighted by molar-refractivity contribution is 0.701. The van der Waals surface area contributed by atoms with Crippen molar-refractivity contribution in [1.82, 2.24) is 5.32 Å². The normalized spacial score (nSPS) is 12.4. The van der Waals surface area contributed by atoms with Gasteiger partial charge >= 0.3 is 0 Å². The quantitative estimate of drug-likeness (QED) is 0.711. The Morgan fingerprint density at radius 2 is 2.12 bits per heavy atom. The van der Waals surface area contributed by atoms with Crippen molar-refractivity contribution in [3.63, 3.8) is 0 Å². The van der Waals surface area contributed by atoms with E-state index in [0.717, 1.165) is 0 Å². The van der Waals surface area contributed by atoms with Crippen LogP contribution in [0.15, 0.2) is 9.78 Å². The Morgan fingerprint density at radius 1 is 1.62 bits per heavy atom. The molecule has 0 aromatic carbocycles. The van der Waals surface area contributed by atoms with Crippen LogP contribution in [0.25, 0.3) is 0 Å². The van der Waals surface area contributed by atoms with Crippen molar-refractivity contribution in [1.29, 1.82) is 0 Å². The first-order valence-corrected chi connectivity index (χ1v) is 3.79. The summed E-state index contributed by atoms with van der Waals surface area (Å²) < 4.78 is 1.29. The summed E-state index contributed by atoms with van der Waals surface area (Å²) >= 11 is 2.27. The van der Waals surface area contributed by atoms with Crippen LogP contribution in [0.5, 0.6) is 0 Å². The highest BCUT2D eigenvalue weighted by molar-refractivity contribution is 14.1. The molecule has 0 radical (unpaired) electrons. The minimum absolute atomic E-state index is 0.555. The van der Waals surface area contributed by atoms with Crippen molar-refractivity contribution in [2.24, 2.45) is 0 Å². The van der Waals surface area contributed by atoms with Gasteiger partial charge in [0.25, 0.3) is 0 Å². The van der Waals surface area contributed by atoms with Crippen LogP contribution < -0.4 is 5.32 Å². The fourth-order valence-corrected chi connectivity index (χ4v) is 0.461. The summed E-state index contributed by atoms with van der Waals surface area (Å²) in [5, 5.41) is 3.18. The topological polar surface area (TPSA) is 12.0 Å². The van der Waals surface area contributed by atoms with Crippen LogP contribution in [0.4, 0.5) is 0 Å². The van der Waals surface area contributed by atoms with Gasteiger partial charge in [-0.3, -0.25) is 0 Å². The summed E-state index contributed by atoms with van der Waals surface area (Å²) in [5.74, 6) is 0. The lowest BCUT2D eigenvalue weighted by Gasteiger charge is -2.02. The van der Waals surface area contributed by atoms with E-state index in [-0.39, 0.29) is 0 Å². The Bertz CT molecular complexity index is 82.5. The maximum Gasteiger partial charge on any atom is 0.0199 e. The van der Waals surface area contributed by atoms with Gasteiger partial charge in [-0.2, -0.15) is 0 Å². The molecule has 0 atom stereocenters. The van der Waals surface area contributed by atoms with Gasteiger partial charge in [0, 0.05) is 15.8 Å². The van der Waals surface area contributed by atoms with E-state index in [1.165, 1.54) is 3.58 Å². The molecule has 0 aromatic rings. The van der Waals surface area contributed by atoms with Gasteiger partial charge in [-0.15, -0.1) is 0 Å². The minimum atomic E-state index is 0.555. The molecule has 0 aliphatic rings. The molecule has 1 N–H and O–H groups in total. The van der Waals surface area contributed by atoms with Crippen LogP contribution in [0.2, 0.25) is 0 Å². The van der Waals surface area contributed by atoms with Crippen LogP contribution >= 0.6 is 22.6 Å². The summed E-state index contributed by atoms with van der Waals surface area (Å²) in [5.41, 5.74) is 0. The third kappa shape index (κ3) is 6.27. The molecule has 48 valence electrons. The molecule has 0 bridgehead atoms. The Balaban J connectivity index is 3.29. The zero-order chi connectivity index (χ0) is 6.57. The van der Waals surface area contributed by atoms with Crippen LogP contribution in [-0.2, 0) is 0 Å². The molecule has 0 fully saturated rings. The van der Waals surface area contributed by atoms with E-state index in [4.69, 9.17) is 0 Å². The van der Waals surface area contributed by atoms with Crippen molar-refractivity contribution in [3.8, 4) is 0 Å². The molecule has 0 spiro atoms. The Kier molecular flexibility index (Phi) is 4.32. The molecule has 1 nitrogen and oxygen atoms in total. The van der Waals surface area contributed by atoms with Crippen LogP contribution in [0.3, 0.4) is 0 Å². The van der Waals surface area contributed by atoms with Gasteiger partial charge in [-0.25, -0.2) is 0 Å². The van der Waals surface area contributed by atoms with Crippen molar-refractivity contribution >= 4 is 22.6 Å². The van der Waals surface area contributed by atoms with E-state index in [1.54, 1.807) is 0 Å². The SMILES string of the molecule is C/C(I)=C\NC(C)C. The molecule has 0 aliphatic heterocycles. The lowest BCUT2D eigenvalue weighted by Crippen LogP contribution is -2.15. The summed E-state index contributed by atoms with van der Waals surface area (Å²) in [6.07, 6.45) is 2.02. The van der Waals surface area contributed by atoms with E-state index in [1.807, 2.05) is 6.20 Å². The summed E-state index contributed by atoms with van der Waals surface area (Å²) in [6, 6.07) is 0.555. The van der Waals surface area contributed by atoms with Gasteiger partial charge in [0.1, 0.15) is 0 Å². The van der Waals surface area contributed by atoms with Gasteiger partial charge < -0.3 is 5.32 Å². The van der Waals surface area contributed by atoms with Crippen LogP contribution in [-0.4, -0.2) is 6.04 Å². The minimum Gasteiger partial charge on any atom is -0.388 e. The average molecular weight is 225 g/mol. The third-order valence-electron chi connectivity index (χ3n) is 0.616. The first-order chi connectivity index (χ1) is 3.63. The summed E-state index contributed by atoms with van der Waals surface area (Å²) in [6.45, 7) is 6.31. The van der Waals surface area contributed by atoms with Crippen molar-refractivity contribution in [2.75, 3.05) is 0 Å². The Morgan fingerprint density at radius 3 is 2.25 bits per heavy atom. The fourth-order valence-electron chi connectivity index (χ4n) is 0.281. The van der Waals surface area contributed by atoms with Gasteiger partial charge in [0.15, 0.2) is 0 Å². The first kappa shape index (κ1) is 8.27. The molecule has 0 saturated carbocycles. The van der Waals surface area contributed by atoms with Gasteiger partial charge in [0.2, 0.25) is 0 Å². The van der Waals surface area contributed by atoms with Crippen LogP contribution in [0.1, 0.15) is 20.8 Å². The molecule has 0 heterocycles. The fraction of sp³-hybridized carbons (Fsp3) is 0.667. The van der Waals surface area contributed by atoms with E-state index in [9.17, 15) is 0 Å². The molecule has 0 unspecified atom stereocenters. The van der Waals surface area contributed by atoms with Crippen molar-refractivity contribution in [3.05, 3.63) is 9.78 Å². The molecule has 0 aliphatic carbocycles. The van der Waals surface area contributed by atoms with Gasteiger partial charge in [-0.05, 0) is 43.4 Å². The number of hydrogen-bond donors (Lipinski definition) is 1. The second-order valence-electron chi connectivity index (χ2n) is 2.05. The first-order valence-electron chi connectivity index (χ1n) is 2.71. The third-order valence-corrected chi connectivity index (χ3v) is 0.927. The number of allylic oxidation sites excluding steroid dienone is 1. The Labute approximate surface area is 64.7 Å². The zero-order valence-electron chi connectivity index (χ0n) is 5.53.